The molecule has 7 heteroatoms. The van der Waals surface area contributed by atoms with Crippen molar-refractivity contribution in [1.82, 2.24) is 19.7 Å². The van der Waals surface area contributed by atoms with Gasteiger partial charge < -0.3 is 14.2 Å². The van der Waals surface area contributed by atoms with E-state index in [1.807, 2.05) is 47.9 Å². The molecule has 0 saturated carbocycles. The summed E-state index contributed by atoms with van der Waals surface area (Å²) < 4.78 is 7.79. The number of aromatic nitrogens is 3. The van der Waals surface area contributed by atoms with Gasteiger partial charge >= 0.3 is 0 Å². The van der Waals surface area contributed by atoms with Crippen molar-refractivity contribution in [2.24, 2.45) is 0 Å². The summed E-state index contributed by atoms with van der Waals surface area (Å²) in [6.45, 7) is 7.87. The van der Waals surface area contributed by atoms with E-state index in [1.165, 1.54) is 17.3 Å². The molecule has 3 rings (SSSR count). The van der Waals surface area contributed by atoms with Crippen LogP contribution < -0.4 is 4.74 Å². The Kier molecular flexibility index (Phi) is 7.52. The molecular weight excluding hydrogens is 396 g/mol. The summed E-state index contributed by atoms with van der Waals surface area (Å²) in [4.78, 5) is 14.2. The highest BCUT2D eigenvalue weighted by molar-refractivity contribution is 7.99. The summed E-state index contributed by atoms with van der Waals surface area (Å²) in [5.41, 5.74) is 3.36. The van der Waals surface area contributed by atoms with Gasteiger partial charge in [0.25, 0.3) is 0 Å². The molecule has 1 aromatic heterocycles. The van der Waals surface area contributed by atoms with Crippen LogP contribution in [0.5, 0.6) is 5.75 Å². The summed E-state index contributed by atoms with van der Waals surface area (Å²) in [6, 6.07) is 16.1. The second-order valence-corrected chi connectivity index (χ2v) is 8.13. The Balaban J connectivity index is 1.54. The van der Waals surface area contributed by atoms with Crippen molar-refractivity contribution < 1.29 is 9.53 Å². The average Bonchev–Trinajstić information content (AvgIpc) is 3.15. The Morgan fingerprint density at radius 3 is 2.53 bits per heavy atom. The molecule has 1 heterocycles. The van der Waals surface area contributed by atoms with Crippen molar-refractivity contribution in [3.05, 3.63) is 59.7 Å². The Labute approximate surface area is 182 Å². The second-order valence-electron chi connectivity index (χ2n) is 7.19. The lowest BCUT2D eigenvalue weighted by atomic mass is 10.1. The zero-order valence-corrected chi connectivity index (χ0v) is 18.8. The van der Waals surface area contributed by atoms with Crippen LogP contribution in [0.4, 0.5) is 0 Å². The molecule has 0 aliphatic rings. The van der Waals surface area contributed by atoms with E-state index in [1.54, 1.807) is 11.9 Å². The Hall–Kier alpha value is -2.80. The molecule has 1 amide bonds. The SMILES string of the molecule is CCn1c(SCC(=O)N(C)CCOc2cccc(C)c2)nnc1-c1cccc(C)c1. The number of hydrogen-bond acceptors (Lipinski definition) is 5. The third-order valence-electron chi connectivity index (χ3n) is 4.74. The van der Waals surface area contributed by atoms with Crippen LogP contribution in [0.25, 0.3) is 11.4 Å². The largest absolute Gasteiger partial charge is 0.492 e. The molecule has 0 unspecified atom stereocenters. The van der Waals surface area contributed by atoms with Crippen LogP contribution in [-0.4, -0.2) is 51.5 Å². The number of benzene rings is 2. The van der Waals surface area contributed by atoms with Crippen LogP contribution in [0.15, 0.2) is 53.7 Å². The lowest BCUT2D eigenvalue weighted by molar-refractivity contribution is -0.127. The van der Waals surface area contributed by atoms with Crippen molar-refractivity contribution in [2.45, 2.75) is 32.5 Å². The monoisotopic (exact) mass is 424 g/mol. The first kappa shape index (κ1) is 21.9. The first-order chi connectivity index (χ1) is 14.5. The first-order valence-electron chi connectivity index (χ1n) is 10.0. The van der Waals surface area contributed by atoms with Gasteiger partial charge in [0, 0.05) is 19.2 Å². The zero-order chi connectivity index (χ0) is 21.5. The summed E-state index contributed by atoms with van der Waals surface area (Å²) >= 11 is 1.42. The fourth-order valence-corrected chi connectivity index (χ4v) is 3.99. The predicted octanol–water partition coefficient (Wildman–Crippen LogP) is 4.21. The highest BCUT2D eigenvalue weighted by Crippen LogP contribution is 2.24. The number of likely N-dealkylation sites (N-methyl/N-ethyl adjacent to an activating group) is 1. The minimum absolute atomic E-state index is 0.0376. The van der Waals surface area contributed by atoms with Crippen LogP contribution in [0.3, 0.4) is 0 Å². The molecule has 0 atom stereocenters. The molecule has 0 aliphatic heterocycles. The highest BCUT2D eigenvalue weighted by Gasteiger charge is 2.16. The molecule has 30 heavy (non-hydrogen) atoms. The van der Waals surface area contributed by atoms with E-state index >= 15 is 0 Å². The summed E-state index contributed by atoms with van der Waals surface area (Å²) in [6.07, 6.45) is 0. The van der Waals surface area contributed by atoms with Crippen molar-refractivity contribution in [1.29, 1.82) is 0 Å². The van der Waals surface area contributed by atoms with Gasteiger partial charge in [0.2, 0.25) is 5.91 Å². The molecule has 0 saturated heterocycles. The van der Waals surface area contributed by atoms with Crippen LogP contribution in [0, 0.1) is 13.8 Å². The molecule has 158 valence electrons. The van der Waals surface area contributed by atoms with Gasteiger partial charge in [-0.25, -0.2) is 0 Å². The molecule has 3 aromatic rings. The molecule has 2 aromatic carbocycles. The van der Waals surface area contributed by atoms with Gasteiger partial charge in [0.1, 0.15) is 12.4 Å². The highest BCUT2D eigenvalue weighted by atomic mass is 32.2. The number of ether oxygens (including phenoxy) is 1. The van der Waals surface area contributed by atoms with E-state index in [9.17, 15) is 4.79 Å². The lowest BCUT2D eigenvalue weighted by Gasteiger charge is -2.17. The van der Waals surface area contributed by atoms with Gasteiger partial charge in [0.05, 0.1) is 12.3 Å². The third-order valence-corrected chi connectivity index (χ3v) is 5.70. The maximum Gasteiger partial charge on any atom is 0.232 e. The number of amides is 1. The fraction of sp³-hybridized carbons (Fsp3) is 0.348. The molecule has 0 aliphatic carbocycles. The van der Waals surface area contributed by atoms with E-state index in [0.717, 1.165) is 34.4 Å². The molecular formula is C23H28N4O2S. The van der Waals surface area contributed by atoms with E-state index in [0.29, 0.717) is 18.9 Å². The maximum absolute atomic E-state index is 12.5. The zero-order valence-electron chi connectivity index (χ0n) is 18.0. The van der Waals surface area contributed by atoms with Crippen molar-refractivity contribution >= 4 is 17.7 Å². The number of aryl methyl sites for hydroxylation is 2. The number of nitrogens with zero attached hydrogens (tertiary/aromatic N) is 4. The number of carbonyl (C=O) groups excluding carboxylic acids is 1. The van der Waals surface area contributed by atoms with E-state index < -0.39 is 0 Å². The van der Waals surface area contributed by atoms with Crippen LogP contribution in [0.2, 0.25) is 0 Å². The van der Waals surface area contributed by atoms with Crippen molar-refractivity contribution in [2.75, 3.05) is 26.0 Å². The molecule has 0 bridgehead atoms. The number of carbonyl (C=O) groups is 1. The summed E-state index contributed by atoms with van der Waals surface area (Å²) in [5.74, 6) is 2.00. The van der Waals surface area contributed by atoms with Gasteiger partial charge in [-0.15, -0.1) is 10.2 Å². The minimum atomic E-state index is 0.0376. The van der Waals surface area contributed by atoms with E-state index in [2.05, 4.69) is 36.2 Å². The topological polar surface area (TPSA) is 60.2 Å². The Morgan fingerprint density at radius 2 is 1.83 bits per heavy atom. The Bertz CT molecular complexity index is 1000. The molecule has 0 spiro atoms. The van der Waals surface area contributed by atoms with E-state index in [-0.39, 0.29) is 5.91 Å². The van der Waals surface area contributed by atoms with Gasteiger partial charge in [-0.1, -0.05) is 47.7 Å². The third kappa shape index (κ3) is 5.63. The van der Waals surface area contributed by atoms with Gasteiger partial charge in [-0.05, 0) is 44.5 Å². The van der Waals surface area contributed by atoms with Crippen LogP contribution in [0.1, 0.15) is 18.1 Å². The van der Waals surface area contributed by atoms with Gasteiger partial charge in [-0.3, -0.25) is 4.79 Å². The standard InChI is InChI=1S/C23H28N4O2S/c1-5-27-22(19-10-6-8-17(2)14-19)24-25-23(27)30-16-21(28)26(4)12-13-29-20-11-7-9-18(3)15-20/h6-11,14-15H,5,12-13,16H2,1-4H3. The van der Waals surface area contributed by atoms with Crippen LogP contribution in [-0.2, 0) is 11.3 Å². The lowest BCUT2D eigenvalue weighted by Crippen LogP contribution is -2.32. The quantitative estimate of drug-likeness (QED) is 0.482. The van der Waals surface area contributed by atoms with Crippen molar-refractivity contribution in [3.63, 3.8) is 0 Å². The number of hydrogen-bond donors (Lipinski definition) is 0. The Morgan fingerprint density at radius 1 is 1.10 bits per heavy atom. The summed E-state index contributed by atoms with van der Waals surface area (Å²) in [5, 5.41) is 9.43. The fourth-order valence-electron chi connectivity index (χ4n) is 3.04. The smallest absolute Gasteiger partial charge is 0.232 e. The average molecular weight is 425 g/mol. The molecule has 6 nitrogen and oxygen atoms in total. The molecule has 0 radical (unpaired) electrons. The first-order valence-corrected chi connectivity index (χ1v) is 11.0. The normalized spacial score (nSPS) is 10.8. The number of thioether (sulfide) groups is 1. The predicted molar refractivity (Wildman–Crippen MR) is 121 cm³/mol. The maximum atomic E-state index is 12.5. The molecule has 0 N–H and O–H groups in total. The van der Waals surface area contributed by atoms with Crippen molar-refractivity contribution in [3.8, 4) is 17.1 Å². The minimum Gasteiger partial charge on any atom is -0.492 e. The van der Waals surface area contributed by atoms with Gasteiger partial charge in [-0.2, -0.15) is 0 Å². The summed E-state index contributed by atoms with van der Waals surface area (Å²) in [7, 11) is 1.80. The second kappa shape index (κ2) is 10.3. The van der Waals surface area contributed by atoms with Crippen LogP contribution >= 0.6 is 11.8 Å². The number of rotatable bonds is 9. The van der Waals surface area contributed by atoms with Gasteiger partial charge in [0.15, 0.2) is 11.0 Å². The molecule has 0 fully saturated rings. The van der Waals surface area contributed by atoms with E-state index in [4.69, 9.17) is 4.74 Å².